The van der Waals surface area contributed by atoms with E-state index in [4.69, 9.17) is 10.2 Å². The lowest BCUT2D eigenvalue weighted by molar-refractivity contribution is -0.121. The van der Waals surface area contributed by atoms with Gasteiger partial charge in [0.2, 0.25) is 0 Å². The van der Waals surface area contributed by atoms with E-state index >= 15 is 0 Å². The molecule has 0 fully saturated rings. The monoisotopic (exact) mass is 315 g/mol. The number of Topliss-reactive ketones (excluding diaryl/α,β-unsaturated/α-hetero) is 1. The summed E-state index contributed by atoms with van der Waals surface area (Å²) >= 11 is 0. The molecule has 126 valence electrons. The first-order valence-corrected chi connectivity index (χ1v) is 11.1. The Morgan fingerprint density at radius 3 is 1.95 bits per heavy atom. The number of carbonyl (C=O) groups excluding carboxylic acids is 1. The molecule has 0 aliphatic heterocycles. The molecule has 0 amide bonds. The van der Waals surface area contributed by atoms with Crippen molar-refractivity contribution in [2.24, 2.45) is 17.6 Å². The van der Waals surface area contributed by atoms with Crippen LogP contribution in [0.25, 0.3) is 0 Å². The lowest BCUT2D eigenvalue weighted by Crippen LogP contribution is -2.50. The third-order valence-electron chi connectivity index (χ3n) is 4.75. The highest BCUT2D eigenvalue weighted by atomic mass is 28.4. The number of hydrogen-bond donors (Lipinski definition) is 1. The van der Waals surface area contributed by atoms with Crippen LogP contribution in [0, 0.1) is 11.8 Å². The van der Waals surface area contributed by atoms with Crippen molar-refractivity contribution in [2.45, 2.75) is 91.6 Å². The zero-order valence-electron chi connectivity index (χ0n) is 15.6. The van der Waals surface area contributed by atoms with Crippen molar-refractivity contribution in [3.05, 3.63) is 0 Å². The van der Waals surface area contributed by atoms with Gasteiger partial charge in [-0.05, 0) is 43.8 Å². The van der Waals surface area contributed by atoms with E-state index in [1.54, 1.807) is 6.92 Å². The van der Waals surface area contributed by atoms with Gasteiger partial charge in [0.25, 0.3) is 0 Å². The molecular formula is C17H37NO2Si. The van der Waals surface area contributed by atoms with Crippen molar-refractivity contribution >= 4 is 14.1 Å². The average molecular weight is 316 g/mol. The molecule has 0 aromatic carbocycles. The van der Waals surface area contributed by atoms with Crippen molar-refractivity contribution in [1.29, 1.82) is 0 Å². The van der Waals surface area contributed by atoms with Crippen LogP contribution in [0.3, 0.4) is 0 Å². The normalized spacial score (nSPS) is 17.7. The Morgan fingerprint density at radius 1 is 1.14 bits per heavy atom. The van der Waals surface area contributed by atoms with Crippen LogP contribution >= 0.6 is 0 Å². The fourth-order valence-corrected chi connectivity index (χ4v) is 3.46. The van der Waals surface area contributed by atoms with Crippen LogP contribution in [0.5, 0.6) is 0 Å². The zero-order valence-corrected chi connectivity index (χ0v) is 16.6. The van der Waals surface area contributed by atoms with Gasteiger partial charge in [-0.15, -0.1) is 0 Å². The Bertz CT molecular complexity index is 334. The van der Waals surface area contributed by atoms with Crippen molar-refractivity contribution < 1.29 is 9.22 Å². The minimum atomic E-state index is -1.87. The summed E-state index contributed by atoms with van der Waals surface area (Å²) in [6.07, 6.45) is 1.65. The van der Waals surface area contributed by atoms with Crippen molar-refractivity contribution in [2.75, 3.05) is 0 Å². The molecule has 0 aromatic heterocycles. The molecule has 0 saturated heterocycles. The summed E-state index contributed by atoms with van der Waals surface area (Å²) < 4.78 is 6.55. The maximum absolute atomic E-state index is 11.6. The van der Waals surface area contributed by atoms with Gasteiger partial charge in [-0.25, -0.2) is 0 Å². The van der Waals surface area contributed by atoms with E-state index < -0.39 is 8.32 Å². The number of nitrogens with two attached hydrogens (primary N) is 1. The predicted octanol–water partition coefficient (Wildman–Crippen LogP) is 4.37. The second-order valence-corrected chi connectivity index (χ2v) is 13.2. The van der Waals surface area contributed by atoms with Gasteiger partial charge in [0, 0.05) is 12.0 Å². The van der Waals surface area contributed by atoms with Gasteiger partial charge in [0.15, 0.2) is 8.32 Å². The molecule has 0 bridgehead atoms. The summed E-state index contributed by atoms with van der Waals surface area (Å²) in [4.78, 5) is 11.6. The van der Waals surface area contributed by atoms with E-state index in [-0.39, 0.29) is 28.9 Å². The topological polar surface area (TPSA) is 52.3 Å². The molecule has 4 heteroatoms. The molecule has 0 aromatic rings. The van der Waals surface area contributed by atoms with Crippen molar-refractivity contribution in [1.82, 2.24) is 0 Å². The van der Waals surface area contributed by atoms with E-state index in [0.29, 0.717) is 5.92 Å². The van der Waals surface area contributed by atoms with Crippen LogP contribution in [0.1, 0.15) is 61.3 Å². The minimum Gasteiger partial charge on any atom is -0.412 e. The van der Waals surface area contributed by atoms with E-state index in [0.717, 1.165) is 12.8 Å². The van der Waals surface area contributed by atoms with E-state index in [1.807, 2.05) is 6.92 Å². The highest BCUT2D eigenvalue weighted by Gasteiger charge is 2.40. The zero-order chi connectivity index (χ0) is 17.0. The third kappa shape index (κ3) is 7.07. The summed E-state index contributed by atoms with van der Waals surface area (Å²) in [6.45, 7) is 19.2. The van der Waals surface area contributed by atoms with Gasteiger partial charge < -0.3 is 10.2 Å². The standard InChI is InChI=1S/C17H37NO2Si/c1-12(2)10-15(18)16(11-13(3)14(4)19)20-21(8,9)17(5,6)7/h12-13,15-16H,10-11,18H2,1-9H3. The number of ketones is 1. The molecule has 3 nitrogen and oxygen atoms in total. The maximum atomic E-state index is 11.6. The molecule has 3 unspecified atom stereocenters. The summed E-state index contributed by atoms with van der Waals surface area (Å²) in [6, 6.07) is 0.000856. The van der Waals surface area contributed by atoms with Gasteiger partial charge in [0.05, 0.1) is 6.10 Å². The smallest absolute Gasteiger partial charge is 0.192 e. The maximum Gasteiger partial charge on any atom is 0.192 e. The molecule has 0 aliphatic rings. The first-order valence-electron chi connectivity index (χ1n) is 8.21. The summed E-state index contributed by atoms with van der Waals surface area (Å²) in [5.41, 5.74) is 6.40. The number of hydrogen-bond acceptors (Lipinski definition) is 3. The third-order valence-corrected chi connectivity index (χ3v) is 9.26. The van der Waals surface area contributed by atoms with Gasteiger partial charge in [-0.1, -0.05) is 41.5 Å². The van der Waals surface area contributed by atoms with E-state index in [1.165, 1.54) is 0 Å². The van der Waals surface area contributed by atoms with Gasteiger partial charge >= 0.3 is 0 Å². The fourth-order valence-electron chi connectivity index (χ4n) is 2.08. The lowest BCUT2D eigenvalue weighted by Gasteiger charge is -2.41. The van der Waals surface area contributed by atoms with Gasteiger partial charge in [-0.3, -0.25) is 4.79 Å². The Hall–Kier alpha value is -0.193. The van der Waals surface area contributed by atoms with Crippen LogP contribution in [0.15, 0.2) is 0 Å². The average Bonchev–Trinajstić information content (AvgIpc) is 2.24. The highest BCUT2D eigenvalue weighted by Crippen LogP contribution is 2.38. The molecule has 0 saturated carbocycles. The van der Waals surface area contributed by atoms with Crippen LogP contribution in [0.2, 0.25) is 18.1 Å². The Morgan fingerprint density at radius 2 is 1.62 bits per heavy atom. The Labute approximate surface area is 133 Å². The molecule has 21 heavy (non-hydrogen) atoms. The molecule has 0 rings (SSSR count). The van der Waals surface area contributed by atoms with Crippen LogP contribution in [-0.4, -0.2) is 26.2 Å². The second kappa shape index (κ2) is 7.89. The van der Waals surface area contributed by atoms with Crippen LogP contribution in [0.4, 0.5) is 0 Å². The summed E-state index contributed by atoms with van der Waals surface area (Å²) in [5.74, 6) is 0.770. The minimum absolute atomic E-state index is 0.000856. The first-order chi connectivity index (χ1) is 9.28. The van der Waals surface area contributed by atoms with Gasteiger partial charge in [-0.2, -0.15) is 0 Å². The predicted molar refractivity (Wildman–Crippen MR) is 94.0 cm³/mol. The molecule has 0 aliphatic carbocycles. The Kier molecular flexibility index (Phi) is 7.81. The largest absolute Gasteiger partial charge is 0.412 e. The van der Waals surface area contributed by atoms with Crippen LogP contribution in [-0.2, 0) is 9.22 Å². The number of rotatable bonds is 8. The summed E-state index contributed by atoms with van der Waals surface area (Å²) in [7, 11) is -1.87. The number of carbonyl (C=O) groups is 1. The molecule has 0 heterocycles. The quantitative estimate of drug-likeness (QED) is 0.677. The SMILES string of the molecule is CC(=O)C(C)CC(O[Si](C)(C)C(C)(C)C)C(N)CC(C)C. The molecule has 2 N–H and O–H groups in total. The second-order valence-electron chi connectivity index (χ2n) is 8.46. The molecule has 0 radical (unpaired) electrons. The van der Waals surface area contributed by atoms with Crippen molar-refractivity contribution in [3.8, 4) is 0 Å². The molecule has 3 atom stereocenters. The first kappa shape index (κ1) is 20.8. The fraction of sp³-hybridized carbons (Fsp3) is 0.941. The van der Waals surface area contributed by atoms with E-state index in [9.17, 15) is 4.79 Å². The highest BCUT2D eigenvalue weighted by molar-refractivity contribution is 6.74. The summed E-state index contributed by atoms with van der Waals surface area (Å²) in [5, 5.41) is 0.155. The Balaban J connectivity index is 5.09. The molecule has 0 spiro atoms. The van der Waals surface area contributed by atoms with Gasteiger partial charge in [0.1, 0.15) is 5.78 Å². The molecular weight excluding hydrogens is 278 g/mol. The lowest BCUT2D eigenvalue weighted by atomic mass is 9.92. The van der Waals surface area contributed by atoms with Crippen molar-refractivity contribution in [3.63, 3.8) is 0 Å². The van der Waals surface area contributed by atoms with Crippen LogP contribution < -0.4 is 5.73 Å². The van der Waals surface area contributed by atoms with E-state index in [2.05, 4.69) is 47.7 Å².